The molecule has 0 spiro atoms. The minimum absolute atomic E-state index is 0.0974. The van der Waals surface area contributed by atoms with Gasteiger partial charge in [-0.3, -0.25) is 14.7 Å². The Morgan fingerprint density at radius 3 is 2.14 bits per heavy atom. The fourth-order valence-electron chi connectivity index (χ4n) is 6.62. The van der Waals surface area contributed by atoms with Crippen molar-refractivity contribution in [1.82, 2.24) is 9.08 Å². The molecule has 0 amide bonds. The van der Waals surface area contributed by atoms with Gasteiger partial charge in [0.25, 0.3) is 0 Å². The van der Waals surface area contributed by atoms with Gasteiger partial charge in [-0.25, -0.2) is 0 Å². The van der Waals surface area contributed by atoms with E-state index in [1.807, 2.05) is 0 Å². The van der Waals surface area contributed by atoms with Gasteiger partial charge in [0, 0.05) is 21.5 Å². The normalized spacial score (nSPS) is 16.4. The highest BCUT2D eigenvalue weighted by Crippen LogP contribution is 2.46. The summed E-state index contributed by atoms with van der Waals surface area (Å²) in [4.78, 5) is 5.31. The number of benzene rings is 5. The van der Waals surface area contributed by atoms with E-state index in [0.717, 1.165) is 12.3 Å². The molecule has 4 heterocycles. The van der Waals surface area contributed by atoms with Crippen LogP contribution >= 0.6 is 0 Å². The van der Waals surface area contributed by atoms with Gasteiger partial charge in [0.1, 0.15) is 0 Å². The van der Waals surface area contributed by atoms with Crippen molar-refractivity contribution in [2.75, 3.05) is 11.6 Å². The van der Waals surface area contributed by atoms with Crippen LogP contribution in [0.15, 0.2) is 120 Å². The Morgan fingerprint density at radius 1 is 0.568 bits per heavy atom. The molecule has 9 rings (SSSR count). The van der Waals surface area contributed by atoms with Crippen LogP contribution in [-0.4, -0.2) is 21.3 Å². The maximum atomic E-state index is 5.31. The Bertz CT molecular complexity index is 2110. The second kappa shape index (κ2) is 6.89. The van der Waals surface area contributed by atoms with Crippen molar-refractivity contribution in [3.63, 3.8) is 0 Å². The molecule has 1 unspecified atom stereocenters. The quantitative estimate of drug-likeness (QED) is 0.262. The highest BCUT2D eigenvalue weighted by molar-refractivity contribution is 6.32. The summed E-state index contributed by atoms with van der Waals surface area (Å²) in [7, 11) is 0. The molecule has 5 aromatic carbocycles. The van der Waals surface area contributed by atoms with Crippen LogP contribution in [0.4, 0.5) is 0 Å². The molecule has 0 aliphatic carbocycles. The van der Waals surface area contributed by atoms with Crippen LogP contribution in [-0.2, 0) is 0 Å². The third kappa shape index (κ3) is 2.40. The Balaban J connectivity index is 1.35. The topological polar surface area (TPSA) is 24.9 Å². The largest absolute Gasteiger partial charge is 0.308 e. The first-order valence-corrected chi connectivity index (χ1v) is 12.8. The molecular formula is C33H22N4. The van der Waals surface area contributed by atoms with Crippen LogP contribution in [0, 0.1) is 0 Å². The van der Waals surface area contributed by atoms with Crippen LogP contribution in [0.3, 0.4) is 0 Å². The van der Waals surface area contributed by atoms with Gasteiger partial charge in [0.2, 0.25) is 0 Å². The molecule has 3 aromatic heterocycles. The van der Waals surface area contributed by atoms with Gasteiger partial charge in [-0.05, 0) is 35.4 Å². The van der Waals surface area contributed by atoms with Crippen molar-refractivity contribution >= 4 is 54.8 Å². The fraction of sp³-hybridized carbons (Fsp3) is 0.0606. The second-order valence-electron chi connectivity index (χ2n) is 10.0. The molecule has 0 saturated heterocycles. The molecule has 0 fully saturated rings. The minimum atomic E-state index is -0.0974. The van der Waals surface area contributed by atoms with E-state index in [2.05, 4.69) is 129 Å². The molecule has 1 aliphatic heterocycles. The number of aromatic nitrogens is 2. The zero-order valence-electron chi connectivity index (χ0n) is 20.0. The molecule has 0 bridgehead atoms. The SMILES string of the molecule is c1ccc(C2=NC(c3ccccc3)N(n3c4cccc5c4c4c3ccc3c6ccccc6n5c34)C2)cc1. The van der Waals surface area contributed by atoms with Gasteiger partial charge >= 0.3 is 0 Å². The molecule has 4 heteroatoms. The number of fused-ring (bicyclic) bond motifs is 4. The third-order valence-electron chi connectivity index (χ3n) is 8.12. The van der Waals surface area contributed by atoms with Crippen molar-refractivity contribution in [2.24, 2.45) is 4.99 Å². The first kappa shape index (κ1) is 19.4. The van der Waals surface area contributed by atoms with E-state index < -0.39 is 0 Å². The van der Waals surface area contributed by atoms with Crippen molar-refractivity contribution in [3.05, 3.63) is 126 Å². The molecular weight excluding hydrogens is 452 g/mol. The summed E-state index contributed by atoms with van der Waals surface area (Å²) in [5, 5.41) is 7.76. The summed E-state index contributed by atoms with van der Waals surface area (Å²) in [6.45, 7) is 0.744. The van der Waals surface area contributed by atoms with E-state index in [9.17, 15) is 0 Å². The van der Waals surface area contributed by atoms with E-state index in [0.29, 0.717) is 0 Å². The highest BCUT2D eigenvalue weighted by atomic mass is 15.6. The van der Waals surface area contributed by atoms with Gasteiger partial charge < -0.3 is 4.40 Å². The first-order chi connectivity index (χ1) is 18.4. The number of hydrogen-bond donors (Lipinski definition) is 0. The third-order valence-corrected chi connectivity index (χ3v) is 8.12. The van der Waals surface area contributed by atoms with Gasteiger partial charge in [-0.1, -0.05) is 91.0 Å². The number of aliphatic imine (C=N–C) groups is 1. The van der Waals surface area contributed by atoms with Crippen LogP contribution in [0.2, 0.25) is 0 Å². The van der Waals surface area contributed by atoms with Gasteiger partial charge in [-0.15, -0.1) is 0 Å². The number of rotatable bonds is 3. The summed E-state index contributed by atoms with van der Waals surface area (Å²) >= 11 is 0. The Labute approximate surface area is 212 Å². The standard InChI is InChI=1S/C33H22N4/c1-3-10-21(11-4-1)25-20-35(33(34-25)22-12-5-2-6-13-22)37-28-17-9-16-27-30(28)31-29(37)19-18-24-23-14-7-8-15-26(23)36(27)32(24)31/h1-19,33H,20H2. The maximum Gasteiger partial charge on any atom is 0.161 e. The second-order valence-corrected chi connectivity index (χ2v) is 10.0. The van der Waals surface area contributed by atoms with Gasteiger partial charge in [0.05, 0.1) is 39.8 Å². The Morgan fingerprint density at radius 2 is 1.27 bits per heavy atom. The van der Waals surface area contributed by atoms with E-state index in [1.165, 1.54) is 60.3 Å². The number of para-hydroxylation sites is 1. The first-order valence-electron chi connectivity index (χ1n) is 12.8. The van der Waals surface area contributed by atoms with Gasteiger partial charge in [0.15, 0.2) is 6.17 Å². The lowest BCUT2D eigenvalue weighted by Crippen LogP contribution is -2.36. The van der Waals surface area contributed by atoms with E-state index in [-0.39, 0.29) is 6.17 Å². The van der Waals surface area contributed by atoms with E-state index in [4.69, 9.17) is 4.99 Å². The van der Waals surface area contributed by atoms with Crippen LogP contribution in [0.25, 0.3) is 49.1 Å². The smallest absolute Gasteiger partial charge is 0.161 e. The predicted octanol–water partition coefficient (Wildman–Crippen LogP) is 7.37. The van der Waals surface area contributed by atoms with Crippen LogP contribution in [0.5, 0.6) is 0 Å². The van der Waals surface area contributed by atoms with Crippen molar-refractivity contribution < 1.29 is 0 Å². The number of hydrogen-bond acceptors (Lipinski definition) is 2. The van der Waals surface area contributed by atoms with Gasteiger partial charge in [-0.2, -0.15) is 0 Å². The van der Waals surface area contributed by atoms with Crippen molar-refractivity contribution in [3.8, 4) is 0 Å². The summed E-state index contributed by atoms with van der Waals surface area (Å²) < 4.78 is 4.90. The molecule has 37 heavy (non-hydrogen) atoms. The zero-order chi connectivity index (χ0) is 24.1. The molecule has 0 radical (unpaired) electrons. The molecule has 4 nitrogen and oxygen atoms in total. The predicted molar refractivity (Wildman–Crippen MR) is 153 cm³/mol. The summed E-state index contributed by atoms with van der Waals surface area (Å²) in [5.41, 5.74) is 9.84. The summed E-state index contributed by atoms with van der Waals surface area (Å²) in [5.74, 6) is 0. The Kier molecular flexibility index (Phi) is 3.61. The van der Waals surface area contributed by atoms with E-state index in [1.54, 1.807) is 0 Å². The molecule has 8 aromatic rings. The molecule has 174 valence electrons. The molecule has 1 atom stereocenters. The average Bonchev–Trinajstić information content (AvgIpc) is 3.71. The lowest BCUT2D eigenvalue weighted by molar-refractivity contribution is 0.581. The summed E-state index contributed by atoms with van der Waals surface area (Å²) in [6.07, 6.45) is -0.0974. The lowest BCUT2D eigenvalue weighted by atomic mass is 10.1. The zero-order valence-corrected chi connectivity index (χ0v) is 20.0. The molecule has 0 N–H and O–H groups in total. The number of nitrogens with zero attached hydrogens (tertiary/aromatic N) is 4. The van der Waals surface area contributed by atoms with Crippen LogP contribution < -0.4 is 5.01 Å². The Hall–Kier alpha value is -4.83. The monoisotopic (exact) mass is 474 g/mol. The average molecular weight is 475 g/mol. The maximum absolute atomic E-state index is 5.31. The lowest BCUT2D eigenvalue weighted by Gasteiger charge is -2.28. The van der Waals surface area contributed by atoms with Crippen LogP contribution in [0.1, 0.15) is 17.3 Å². The highest BCUT2D eigenvalue weighted by Gasteiger charge is 2.33. The summed E-state index contributed by atoms with van der Waals surface area (Å²) in [6, 6.07) is 41.4. The molecule has 0 saturated carbocycles. The minimum Gasteiger partial charge on any atom is -0.308 e. The van der Waals surface area contributed by atoms with Crippen molar-refractivity contribution in [1.29, 1.82) is 0 Å². The molecule has 1 aliphatic rings. The fourth-order valence-corrected chi connectivity index (χ4v) is 6.62. The van der Waals surface area contributed by atoms with Crippen molar-refractivity contribution in [2.45, 2.75) is 6.17 Å². The van der Waals surface area contributed by atoms with E-state index >= 15 is 0 Å².